The zero-order valence-electron chi connectivity index (χ0n) is 14.8. The van der Waals surface area contributed by atoms with E-state index in [4.69, 9.17) is 4.74 Å². The summed E-state index contributed by atoms with van der Waals surface area (Å²) in [6.45, 7) is -0.791. The Kier molecular flexibility index (Phi) is 6.11. The van der Waals surface area contributed by atoms with Crippen molar-refractivity contribution in [1.29, 1.82) is 0 Å². The van der Waals surface area contributed by atoms with E-state index >= 15 is 0 Å². The van der Waals surface area contributed by atoms with Gasteiger partial charge in [-0.05, 0) is 29.3 Å². The Morgan fingerprint density at radius 1 is 0.821 bits per heavy atom. The Morgan fingerprint density at radius 3 is 2.21 bits per heavy atom. The number of carbonyl (C=O) groups is 2. The second-order valence-electron chi connectivity index (χ2n) is 6.00. The number of carbonyl (C=O) groups excluding carboxylic acids is 2. The van der Waals surface area contributed by atoms with Crippen LogP contribution in [0.2, 0.25) is 0 Å². The van der Waals surface area contributed by atoms with Gasteiger partial charge in [-0.3, -0.25) is 9.59 Å². The van der Waals surface area contributed by atoms with E-state index in [1.165, 1.54) is 12.1 Å². The molecule has 3 aromatic rings. The zero-order chi connectivity index (χ0) is 19.9. The third kappa shape index (κ3) is 4.79. The molecule has 0 spiro atoms. The molecule has 6 heteroatoms. The maximum Gasteiger partial charge on any atom is 0.325 e. The van der Waals surface area contributed by atoms with Crippen LogP contribution in [0, 0.1) is 11.6 Å². The molecule has 0 heterocycles. The summed E-state index contributed by atoms with van der Waals surface area (Å²) in [6.07, 6.45) is 0. The summed E-state index contributed by atoms with van der Waals surface area (Å²) < 4.78 is 31.5. The first-order chi connectivity index (χ1) is 13.5. The van der Waals surface area contributed by atoms with Crippen molar-refractivity contribution in [1.82, 2.24) is 5.32 Å². The van der Waals surface area contributed by atoms with Gasteiger partial charge in [0.2, 0.25) is 0 Å². The van der Waals surface area contributed by atoms with E-state index in [1.807, 2.05) is 42.5 Å². The maximum absolute atomic E-state index is 13.5. The van der Waals surface area contributed by atoms with Crippen molar-refractivity contribution in [2.45, 2.75) is 6.61 Å². The smallest absolute Gasteiger partial charge is 0.325 e. The molecule has 0 saturated carbocycles. The minimum atomic E-state index is -1.06. The number of esters is 1. The minimum Gasteiger partial charge on any atom is -0.459 e. The van der Waals surface area contributed by atoms with Crippen LogP contribution < -0.4 is 5.32 Å². The first kappa shape index (κ1) is 19.2. The van der Waals surface area contributed by atoms with Gasteiger partial charge in [0, 0.05) is 11.1 Å². The summed E-state index contributed by atoms with van der Waals surface area (Å²) >= 11 is 0. The van der Waals surface area contributed by atoms with Gasteiger partial charge in [0.15, 0.2) is 11.6 Å². The maximum atomic E-state index is 13.5. The van der Waals surface area contributed by atoms with Crippen LogP contribution in [0.3, 0.4) is 0 Å². The Balaban J connectivity index is 1.51. The van der Waals surface area contributed by atoms with Crippen molar-refractivity contribution < 1.29 is 23.1 Å². The van der Waals surface area contributed by atoms with Crippen molar-refractivity contribution in [3.05, 3.63) is 95.6 Å². The highest BCUT2D eigenvalue weighted by atomic mass is 19.2. The second-order valence-corrected chi connectivity index (χ2v) is 6.00. The molecule has 0 radical (unpaired) electrons. The third-order valence-corrected chi connectivity index (χ3v) is 4.07. The molecule has 0 unspecified atom stereocenters. The van der Waals surface area contributed by atoms with Crippen LogP contribution in [0.15, 0.2) is 72.8 Å². The Morgan fingerprint density at radius 2 is 1.50 bits per heavy atom. The van der Waals surface area contributed by atoms with Gasteiger partial charge < -0.3 is 10.1 Å². The number of hydrogen-bond donors (Lipinski definition) is 1. The van der Waals surface area contributed by atoms with Crippen molar-refractivity contribution in [2.24, 2.45) is 0 Å². The monoisotopic (exact) mass is 381 g/mol. The lowest BCUT2D eigenvalue weighted by atomic mass is 10.0. The van der Waals surface area contributed by atoms with Crippen LogP contribution in [0.25, 0.3) is 11.1 Å². The molecule has 0 saturated heterocycles. The number of nitrogens with one attached hydrogen (secondary N) is 1. The van der Waals surface area contributed by atoms with Gasteiger partial charge in [-0.2, -0.15) is 0 Å². The van der Waals surface area contributed by atoms with Crippen LogP contribution in [0.1, 0.15) is 15.9 Å². The molecule has 0 fully saturated rings. The summed E-state index contributed by atoms with van der Waals surface area (Å²) in [5.41, 5.74) is 2.32. The standard InChI is InChI=1S/C22H17F2NO3/c23-19-8-4-7-18(21(19)24)14-28-20(26)13-25-22(27)17-11-9-16(10-12-17)15-5-2-1-3-6-15/h1-12H,13-14H2,(H,25,27). The summed E-state index contributed by atoms with van der Waals surface area (Å²) in [7, 11) is 0. The predicted molar refractivity (Wildman–Crippen MR) is 100 cm³/mol. The number of ether oxygens (including phenoxy) is 1. The number of amides is 1. The molecule has 0 aromatic heterocycles. The average molecular weight is 381 g/mol. The molecule has 0 bridgehead atoms. The van der Waals surface area contributed by atoms with Crippen LogP contribution >= 0.6 is 0 Å². The highest BCUT2D eigenvalue weighted by Crippen LogP contribution is 2.19. The molecule has 1 amide bonds. The molecule has 142 valence electrons. The van der Waals surface area contributed by atoms with Gasteiger partial charge in [0.05, 0.1) is 0 Å². The zero-order valence-corrected chi connectivity index (χ0v) is 14.8. The highest BCUT2D eigenvalue weighted by Gasteiger charge is 2.12. The summed E-state index contributed by atoms with van der Waals surface area (Å²) in [6, 6.07) is 20.3. The molecular weight excluding hydrogens is 364 g/mol. The molecule has 0 aliphatic heterocycles. The lowest BCUT2D eigenvalue weighted by molar-refractivity contribution is -0.143. The number of halogens is 2. The topological polar surface area (TPSA) is 55.4 Å². The fraction of sp³-hybridized carbons (Fsp3) is 0.0909. The SMILES string of the molecule is O=C(CNC(=O)c1ccc(-c2ccccc2)cc1)OCc1cccc(F)c1F. The lowest BCUT2D eigenvalue weighted by Crippen LogP contribution is -2.30. The van der Waals surface area contributed by atoms with Gasteiger partial charge in [-0.1, -0.05) is 54.6 Å². The third-order valence-electron chi connectivity index (χ3n) is 4.07. The molecule has 3 aromatic carbocycles. The van der Waals surface area contributed by atoms with E-state index in [0.29, 0.717) is 5.56 Å². The van der Waals surface area contributed by atoms with E-state index in [9.17, 15) is 18.4 Å². The van der Waals surface area contributed by atoms with Gasteiger partial charge in [-0.15, -0.1) is 0 Å². The lowest BCUT2D eigenvalue weighted by Gasteiger charge is -2.08. The van der Waals surface area contributed by atoms with Gasteiger partial charge in [-0.25, -0.2) is 8.78 Å². The van der Waals surface area contributed by atoms with Crippen molar-refractivity contribution in [3.63, 3.8) is 0 Å². The highest BCUT2D eigenvalue weighted by molar-refractivity contribution is 5.96. The normalized spacial score (nSPS) is 10.4. The summed E-state index contributed by atoms with van der Waals surface area (Å²) in [5.74, 6) is -3.26. The fourth-order valence-electron chi connectivity index (χ4n) is 2.57. The first-order valence-electron chi connectivity index (χ1n) is 8.57. The van der Waals surface area contributed by atoms with E-state index in [1.54, 1.807) is 12.1 Å². The number of rotatable bonds is 6. The molecule has 4 nitrogen and oxygen atoms in total. The van der Waals surface area contributed by atoms with E-state index in [-0.39, 0.29) is 12.1 Å². The number of benzene rings is 3. The molecule has 0 atom stereocenters. The molecule has 28 heavy (non-hydrogen) atoms. The van der Waals surface area contributed by atoms with Gasteiger partial charge in [0.25, 0.3) is 5.91 Å². The molecular formula is C22H17F2NO3. The quantitative estimate of drug-likeness (QED) is 0.654. The van der Waals surface area contributed by atoms with E-state index in [0.717, 1.165) is 17.2 Å². The van der Waals surface area contributed by atoms with Crippen LogP contribution in [0.4, 0.5) is 8.78 Å². The molecule has 0 aliphatic rings. The van der Waals surface area contributed by atoms with Crippen LogP contribution in [-0.2, 0) is 16.1 Å². The van der Waals surface area contributed by atoms with Crippen LogP contribution in [-0.4, -0.2) is 18.4 Å². The first-order valence-corrected chi connectivity index (χ1v) is 8.57. The summed E-state index contributed by atoms with van der Waals surface area (Å²) in [5, 5.41) is 2.44. The van der Waals surface area contributed by atoms with Crippen molar-refractivity contribution in [3.8, 4) is 11.1 Å². The molecule has 0 aliphatic carbocycles. The van der Waals surface area contributed by atoms with Gasteiger partial charge >= 0.3 is 5.97 Å². The second kappa shape index (κ2) is 8.90. The van der Waals surface area contributed by atoms with Gasteiger partial charge in [0.1, 0.15) is 13.2 Å². The van der Waals surface area contributed by atoms with E-state index in [2.05, 4.69) is 5.32 Å². The predicted octanol–water partition coefficient (Wildman–Crippen LogP) is 4.11. The minimum absolute atomic E-state index is 0.0730. The van der Waals surface area contributed by atoms with Crippen LogP contribution in [0.5, 0.6) is 0 Å². The molecule has 1 N–H and O–H groups in total. The molecule has 3 rings (SSSR count). The average Bonchev–Trinajstić information content (AvgIpc) is 2.74. The van der Waals surface area contributed by atoms with E-state index < -0.39 is 30.1 Å². The van der Waals surface area contributed by atoms with Crippen molar-refractivity contribution >= 4 is 11.9 Å². The Hall–Kier alpha value is -3.54. The number of hydrogen-bond acceptors (Lipinski definition) is 3. The Bertz CT molecular complexity index is 973. The fourth-order valence-corrected chi connectivity index (χ4v) is 2.57. The summed E-state index contributed by atoms with van der Waals surface area (Å²) in [4.78, 5) is 23.9. The van der Waals surface area contributed by atoms with Crippen molar-refractivity contribution in [2.75, 3.05) is 6.54 Å². The largest absolute Gasteiger partial charge is 0.459 e. The Labute approximate surface area is 160 Å².